The summed E-state index contributed by atoms with van der Waals surface area (Å²) < 4.78 is 0. The van der Waals surface area contributed by atoms with E-state index in [1.165, 1.54) is 11.1 Å². The fourth-order valence-electron chi connectivity index (χ4n) is 2.93. The Bertz CT molecular complexity index is 724. The number of rotatable bonds is 2. The van der Waals surface area contributed by atoms with Crippen LogP contribution in [0.3, 0.4) is 0 Å². The quantitative estimate of drug-likeness (QED) is 0.919. The molecule has 1 aliphatic rings. The fourth-order valence-corrected chi connectivity index (χ4v) is 2.93. The molecule has 23 heavy (non-hydrogen) atoms. The summed E-state index contributed by atoms with van der Waals surface area (Å²) in [6.07, 6.45) is 0.919. The van der Waals surface area contributed by atoms with Crippen LogP contribution in [0, 0.1) is 6.92 Å². The highest BCUT2D eigenvalue weighted by atomic mass is 16.2. The Morgan fingerprint density at radius 2 is 1.87 bits per heavy atom. The molecule has 4 heteroatoms. The number of aryl methyl sites for hydroxylation is 1. The highest BCUT2D eigenvalue weighted by molar-refractivity contribution is 5.90. The summed E-state index contributed by atoms with van der Waals surface area (Å²) in [6, 6.07) is 14.4. The number of urea groups is 1. The number of hydrogen-bond acceptors (Lipinski definition) is 2. The van der Waals surface area contributed by atoms with Crippen LogP contribution in [-0.4, -0.2) is 31.6 Å². The van der Waals surface area contributed by atoms with Crippen molar-refractivity contribution >= 4 is 17.4 Å². The third kappa shape index (κ3) is 3.31. The van der Waals surface area contributed by atoms with Gasteiger partial charge in [-0.1, -0.05) is 24.3 Å². The van der Waals surface area contributed by atoms with Crippen LogP contribution in [0.4, 0.5) is 16.2 Å². The van der Waals surface area contributed by atoms with Crippen molar-refractivity contribution in [3.8, 4) is 0 Å². The zero-order chi connectivity index (χ0) is 16.4. The molecule has 0 bridgehead atoms. The van der Waals surface area contributed by atoms with E-state index >= 15 is 0 Å². The summed E-state index contributed by atoms with van der Waals surface area (Å²) in [6.45, 7) is 3.46. The first-order valence-electron chi connectivity index (χ1n) is 7.95. The molecule has 1 N–H and O–H groups in total. The minimum Gasteiger partial charge on any atom is -0.378 e. The summed E-state index contributed by atoms with van der Waals surface area (Å²) in [4.78, 5) is 16.5. The van der Waals surface area contributed by atoms with Crippen LogP contribution >= 0.6 is 0 Å². The summed E-state index contributed by atoms with van der Waals surface area (Å²) in [7, 11) is 4.02. The van der Waals surface area contributed by atoms with Crippen LogP contribution < -0.4 is 10.2 Å². The Hall–Kier alpha value is -2.49. The largest absolute Gasteiger partial charge is 0.378 e. The third-order valence-corrected chi connectivity index (χ3v) is 4.39. The standard InChI is InChI=1S/C19H23N3O/c1-14-12-17(21(2)3)8-9-18(14)20-19(23)22-11-10-15-6-4-5-7-16(15)13-22/h4-9,12H,10-11,13H2,1-3H3,(H,20,23). The van der Waals surface area contributed by atoms with Gasteiger partial charge in [-0.15, -0.1) is 0 Å². The molecule has 0 saturated heterocycles. The van der Waals surface area contributed by atoms with Crippen molar-refractivity contribution < 1.29 is 4.79 Å². The van der Waals surface area contributed by atoms with Gasteiger partial charge in [0.15, 0.2) is 0 Å². The lowest BCUT2D eigenvalue weighted by Crippen LogP contribution is -2.39. The number of carbonyl (C=O) groups excluding carboxylic acids is 1. The van der Waals surface area contributed by atoms with Crippen LogP contribution in [0.2, 0.25) is 0 Å². The minimum absolute atomic E-state index is 0.0276. The maximum Gasteiger partial charge on any atom is 0.322 e. The van der Waals surface area contributed by atoms with Gasteiger partial charge in [0, 0.05) is 38.6 Å². The number of anilines is 2. The molecule has 0 fully saturated rings. The second-order valence-corrected chi connectivity index (χ2v) is 6.26. The number of nitrogens with zero attached hydrogens (tertiary/aromatic N) is 2. The molecule has 2 amide bonds. The first kappa shape index (κ1) is 15.4. The summed E-state index contributed by atoms with van der Waals surface area (Å²) in [5.74, 6) is 0. The molecular formula is C19H23N3O. The van der Waals surface area contributed by atoms with Gasteiger partial charge in [-0.25, -0.2) is 4.79 Å². The number of amides is 2. The Kier molecular flexibility index (Phi) is 4.24. The normalized spacial score (nSPS) is 13.4. The predicted octanol–water partition coefficient (Wildman–Crippen LogP) is 3.65. The van der Waals surface area contributed by atoms with Crippen LogP contribution in [0.5, 0.6) is 0 Å². The Morgan fingerprint density at radius 3 is 2.57 bits per heavy atom. The van der Waals surface area contributed by atoms with Crippen molar-refractivity contribution in [3.05, 3.63) is 59.2 Å². The van der Waals surface area contributed by atoms with E-state index in [0.717, 1.165) is 29.9 Å². The van der Waals surface area contributed by atoms with Crippen molar-refractivity contribution in [2.24, 2.45) is 0 Å². The molecule has 0 radical (unpaired) electrons. The van der Waals surface area contributed by atoms with Gasteiger partial charge in [-0.3, -0.25) is 0 Å². The average Bonchev–Trinajstić information content (AvgIpc) is 2.56. The molecule has 2 aromatic rings. The van der Waals surface area contributed by atoms with Gasteiger partial charge in [0.2, 0.25) is 0 Å². The van der Waals surface area contributed by atoms with E-state index < -0.39 is 0 Å². The Balaban J connectivity index is 1.71. The fraction of sp³-hybridized carbons (Fsp3) is 0.316. The first-order valence-corrected chi connectivity index (χ1v) is 7.95. The molecule has 120 valence electrons. The van der Waals surface area contributed by atoms with E-state index in [2.05, 4.69) is 34.5 Å². The zero-order valence-electron chi connectivity index (χ0n) is 14.0. The van der Waals surface area contributed by atoms with Crippen molar-refractivity contribution in [2.75, 3.05) is 30.9 Å². The SMILES string of the molecule is Cc1cc(N(C)C)ccc1NC(=O)N1CCc2ccccc2C1. The van der Waals surface area contributed by atoms with E-state index in [0.29, 0.717) is 6.54 Å². The molecule has 1 heterocycles. The van der Waals surface area contributed by atoms with Crippen molar-refractivity contribution in [1.29, 1.82) is 0 Å². The van der Waals surface area contributed by atoms with E-state index in [4.69, 9.17) is 0 Å². The van der Waals surface area contributed by atoms with Crippen molar-refractivity contribution in [1.82, 2.24) is 4.90 Å². The molecule has 0 unspecified atom stereocenters. The van der Waals surface area contributed by atoms with Gasteiger partial charge in [0.05, 0.1) is 0 Å². The van der Waals surface area contributed by atoms with Crippen LogP contribution in [0.15, 0.2) is 42.5 Å². The highest BCUT2D eigenvalue weighted by Gasteiger charge is 2.20. The Labute approximate surface area is 137 Å². The highest BCUT2D eigenvalue weighted by Crippen LogP contribution is 2.23. The molecule has 4 nitrogen and oxygen atoms in total. The monoisotopic (exact) mass is 309 g/mol. The average molecular weight is 309 g/mol. The molecule has 0 atom stereocenters. The molecule has 2 aromatic carbocycles. The molecule has 3 rings (SSSR count). The number of fused-ring (bicyclic) bond motifs is 1. The molecule has 0 spiro atoms. The van der Waals surface area contributed by atoms with E-state index in [1.54, 1.807) is 0 Å². The maximum atomic E-state index is 12.6. The Morgan fingerprint density at radius 1 is 1.13 bits per heavy atom. The van der Waals surface area contributed by atoms with E-state index in [1.807, 2.05) is 44.1 Å². The van der Waals surface area contributed by atoms with E-state index in [9.17, 15) is 4.79 Å². The predicted molar refractivity (Wildman–Crippen MR) is 95.1 cm³/mol. The van der Waals surface area contributed by atoms with Crippen molar-refractivity contribution in [2.45, 2.75) is 19.9 Å². The molecule has 1 aliphatic heterocycles. The summed E-state index contributed by atoms with van der Waals surface area (Å²) in [5.41, 5.74) is 5.67. The second-order valence-electron chi connectivity index (χ2n) is 6.26. The van der Waals surface area contributed by atoms with Crippen LogP contribution in [0.1, 0.15) is 16.7 Å². The molecule has 0 saturated carbocycles. The summed E-state index contributed by atoms with van der Waals surface area (Å²) in [5, 5.41) is 3.05. The van der Waals surface area contributed by atoms with E-state index in [-0.39, 0.29) is 6.03 Å². The van der Waals surface area contributed by atoms with Gasteiger partial charge >= 0.3 is 6.03 Å². The van der Waals surface area contributed by atoms with Gasteiger partial charge < -0.3 is 15.1 Å². The van der Waals surface area contributed by atoms with Crippen LogP contribution in [0.25, 0.3) is 0 Å². The summed E-state index contributed by atoms with van der Waals surface area (Å²) >= 11 is 0. The number of nitrogens with one attached hydrogen (secondary N) is 1. The number of hydrogen-bond donors (Lipinski definition) is 1. The van der Waals surface area contributed by atoms with Crippen molar-refractivity contribution in [3.63, 3.8) is 0 Å². The first-order chi connectivity index (χ1) is 11.0. The molecule has 0 aromatic heterocycles. The molecule has 0 aliphatic carbocycles. The number of benzene rings is 2. The van der Waals surface area contributed by atoms with Gasteiger partial charge in [-0.05, 0) is 48.2 Å². The minimum atomic E-state index is -0.0276. The molecular weight excluding hydrogens is 286 g/mol. The lowest BCUT2D eigenvalue weighted by molar-refractivity contribution is 0.206. The lowest BCUT2D eigenvalue weighted by Gasteiger charge is -2.29. The lowest BCUT2D eigenvalue weighted by atomic mass is 10.0. The smallest absolute Gasteiger partial charge is 0.322 e. The zero-order valence-corrected chi connectivity index (χ0v) is 14.0. The topological polar surface area (TPSA) is 35.6 Å². The van der Waals surface area contributed by atoms with Gasteiger partial charge in [0.25, 0.3) is 0 Å². The van der Waals surface area contributed by atoms with Gasteiger partial charge in [0.1, 0.15) is 0 Å². The maximum absolute atomic E-state index is 12.6. The number of carbonyl (C=O) groups is 1. The third-order valence-electron chi connectivity index (χ3n) is 4.39. The van der Waals surface area contributed by atoms with Crippen LogP contribution in [-0.2, 0) is 13.0 Å². The second kappa shape index (κ2) is 6.32. The van der Waals surface area contributed by atoms with Gasteiger partial charge in [-0.2, -0.15) is 0 Å².